The van der Waals surface area contributed by atoms with Crippen LogP contribution < -0.4 is 16.4 Å². The van der Waals surface area contributed by atoms with Gasteiger partial charge in [0.15, 0.2) is 5.96 Å². The van der Waals surface area contributed by atoms with E-state index in [1.54, 1.807) is 7.05 Å². The number of nitrogens with zero attached hydrogens (tertiary/aromatic N) is 2. The smallest absolute Gasteiger partial charge is 0.319 e. The van der Waals surface area contributed by atoms with E-state index in [9.17, 15) is 9.59 Å². The maximum atomic E-state index is 13.4. The fourth-order valence-corrected chi connectivity index (χ4v) is 6.84. The van der Waals surface area contributed by atoms with Crippen molar-refractivity contribution in [2.24, 2.45) is 22.6 Å². The maximum absolute atomic E-state index is 13.4. The molecule has 1 aliphatic heterocycles. The van der Waals surface area contributed by atoms with E-state index in [2.05, 4.69) is 10.6 Å². The highest BCUT2D eigenvalue weighted by Crippen LogP contribution is 2.40. The van der Waals surface area contributed by atoms with Crippen molar-refractivity contribution < 1.29 is 9.59 Å². The molecular weight excluding hydrogens is 462 g/mol. The number of urea groups is 1. The van der Waals surface area contributed by atoms with Gasteiger partial charge in [0.25, 0.3) is 5.91 Å². The number of fused-ring (bicyclic) bond motifs is 1. The molecule has 4 N–H and O–H groups in total. The van der Waals surface area contributed by atoms with Crippen LogP contribution in [0.25, 0.3) is 10.8 Å². The van der Waals surface area contributed by atoms with Gasteiger partial charge >= 0.3 is 6.03 Å². The van der Waals surface area contributed by atoms with Gasteiger partial charge in [0.2, 0.25) is 0 Å². The Labute approximate surface area is 220 Å². The number of guanidine groups is 1. The van der Waals surface area contributed by atoms with Gasteiger partial charge in [-0.05, 0) is 55.4 Å². The van der Waals surface area contributed by atoms with Crippen molar-refractivity contribution >= 4 is 34.4 Å². The number of benzene rings is 2. The van der Waals surface area contributed by atoms with Crippen molar-refractivity contribution in [1.82, 2.24) is 10.2 Å². The Kier molecular flexibility index (Phi) is 7.68. The molecule has 0 aromatic heterocycles. The predicted molar refractivity (Wildman–Crippen MR) is 149 cm³/mol. The maximum Gasteiger partial charge on any atom is 0.319 e. The van der Waals surface area contributed by atoms with Crippen molar-refractivity contribution in [1.29, 1.82) is 0 Å². The lowest BCUT2D eigenvalue weighted by atomic mass is 9.74. The molecule has 0 spiro atoms. The van der Waals surface area contributed by atoms with Gasteiger partial charge in [0, 0.05) is 18.5 Å². The zero-order valence-corrected chi connectivity index (χ0v) is 22.0. The summed E-state index contributed by atoms with van der Waals surface area (Å²) in [5.74, 6) is 1.41. The number of hydrogen-bond acceptors (Lipinski definition) is 4. The number of carbonyl (C=O) groups excluding carboxylic acids is 2. The number of hydrogen-bond donors (Lipinski definition) is 3. The highest BCUT2D eigenvalue weighted by atomic mass is 16.2. The zero-order valence-electron chi connectivity index (χ0n) is 22.0. The van der Waals surface area contributed by atoms with E-state index in [4.69, 9.17) is 10.7 Å². The second-order valence-electron chi connectivity index (χ2n) is 11.5. The van der Waals surface area contributed by atoms with E-state index in [0.717, 1.165) is 55.0 Å². The van der Waals surface area contributed by atoms with Crippen LogP contribution in [0.3, 0.4) is 0 Å². The summed E-state index contributed by atoms with van der Waals surface area (Å²) in [7, 11) is 1.74. The Hall–Kier alpha value is -3.09. The van der Waals surface area contributed by atoms with E-state index in [1.165, 1.54) is 37.0 Å². The van der Waals surface area contributed by atoms with Crippen molar-refractivity contribution in [3.05, 3.63) is 42.5 Å². The molecule has 0 bridgehead atoms. The lowest BCUT2D eigenvalue weighted by Crippen LogP contribution is -2.45. The summed E-state index contributed by atoms with van der Waals surface area (Å²) in [5, 5.41) is 8.39. The Morgan fingerprint density at radius 3 is 2.57 bits per heavy atom. The number of aliphatic imine (C=N–C) groups is 1. The summed E-state index contributed by atoms with van der Waals surface area (Å²) in [6, 6.07) is 13.9. The second-order valence-corrected chi connectivity index (χ2v) is 11.5. The van der Waals surface area contributed by atoms with Crippen molar-refractivity contribution in [3.8, 4) is 0 Å². The van der Waals surface area contributed by atoms with Gasteiger partial charge in [-0.15, -0.1) is 0 Å². The largest absolute Gasteiger partial charge is 0.369 e. The first-order valence-corrected chi connectivity index (χ1v) is 14.1. The summed E-state index contributed by atoms with van der Waals surface area (Å²) in [5.41, 5.74) is 6.23. The molecule has 3 atom stereocenters. The minimum Gasteiger partial charge on any atom is -0.369 e. The normalized spacial score (nSPS) is 26.8. The molecule has 2 aromatic carbocycles. The van der Waals surface area contributed by atoms with Crippen molar-refractivity contribution in [2.45, 2.75) is 88.6 Å². The molecule has 0 radical (unpaired) electrons. The van der Waals surface area contributed by atoms with E-state index >= 15 is 0 Å². The lowest BCUT2D eigenvalue weighted by Gasteiger charge is -2.35. The summed E-state index contributed by atoms with van der Waals surface area (Å²) in [6.45, 7) is 0. The van der Waals surface area contributed by atoms with Crippen LogP contribution in [0.1, 0.15) is 77.0 Å². The molecule has 1 heterocycles. The molecule has 37 heavy (non-hydrogen) atoms. The van der Waals surface area contributed by atoms with Crippen LogP contribution in [-0.2, 0) is 4.79 Å². The Morgan fingerprint density at radius 2 is 1.78 bits per heavy atom. The fourth-order valence-electron chi connectivity index (χ4n) is 6.84. The number of likely N-dealkylation sites (N-methyl/N-ethyl adjacent to an activating group) is 1. The third kappa shape index (κ3) is 5.76. The fraction of sp³-hybridized carbons (Fsp3) is 0.567. The Morgan fingerprint density at radius 1 is 1.03 bits per heavy atom. The topological polar surface area (TPSA) is 99.8 Å². The van der Waals surface area contributed by atoms with Crippen LogP contribution >= 0.6 is 0 Å². The van der Waals surface area contributed by atoms with Gasteiger partial charge in [0.05, 0.1) is 5.69 Å². The summed E-state index contributed by atoms with van der Waals surface area (Å²) in [6.07, 6.45) is 12.9. The van der Waals surface area contributed by atoms with Crippen LogP contribution in [0.2, 0.25) is 0 Å². The third-order valence-electron chi connectivity index (χ3n) is 8.85. The SMILES string of the molecule is CN1C(=O)[C@@](CCC2CCCCC2)(CC2CCC[C@@H](NC(=O)Nc3cccc4ccccc34)C2)N=C1N. The summed E-state index contributed by atoms with van der Waals surface area (Å²) < 4.78 is 0. The van der Waals surface area contributed by atoms with Crippen molar-refractivity contribution in [2.75, 3.05) is 12.4 Å². The zero-order chi connectivity index (χ0) is 25.8. The number of nitrogens with one attached hydrogen (secondary N) is 2. The van der Waals surface area contributed by atoms with Gasteiger partial charge in [-0.1, -0.05) is 81.3 Å². The summed E-state index contributed by atoms with van der Waals surface area (Å²) in [4.78, 5) is 32.7. The molecule has 2 saturated carbocycles. The first-order chi connectivity index (χ1) is 17.9. The lowest BCUT2D eigenvalue weighted by molar-refractivity contribution is -0.131. The van der Waals surface area contributed by atoms with E-state index in [1.807, 2.05) is 42.5 Å². The highest BCUT2D eigenvalue weighted by molar-refractivity contribution is 6.06. The standard InChI is InChI=1S/C30H41N5O2/c1-35-27(36)30(34-28(35)31,18-17-21-9-3-2-4-10-21)20-22-11-7-14-24(19-22)32-29(37)33-26-16-8-13-23-12-5-6-15-25(23)26/h5-6,8,12-13,15-16,21-22,24H,2-4,7,9-11,14,17-20H2,1H3,(H2,31,34)(H2,32,33,37)/t22?,24-,30-/m1/s1. The molecule has 2 fully saturated rings. The first kappa shape index (κ1) is 25.6. The molecule has 3 aliphatic rings. The molecule has 0 saturated heterocycles. The van der Waals surface area contributed by atoms with Crippen LogP contribution in [0.4, 0.5) is 10.5 Å². The van der Waals surface area contributed by atoms with Gasteiger partial charge in [0.1, 0.15) is 5.54 Å². The Balaban J connectivity index is 1.22. The molecular formula is C30H41N5O2. The third-order valence-corrected chi connectivity index (χ3v) is 8.85. The second kappa shape index (κ2) is 11.1. The van der Waals surface area contributed by atoms with Gasteiger partial charge < -0.3 is 16.4 Å². The number of anilines is 1. The van der Waals surface area contributed by atoms with Crippen LogP contribution in [0, 0.1) is 11.8 Å². The molecule has 5 rings (SSSR count). The quantitative estimate of drug-likeness (QED) is 0.445. The average Bonchev–Trinajstić information content (AvgIpc) is 3.12. The molecule has 7 heteroatoms. The molecule has 1 unspecified atom stereocenters. The number of rotatable bonds is 7. The molecule has 7 nitrogen and oxygen atoms in total. The van der Waals surface area contributed by atoms with E-state index < -0.39 is 5.54 Å². The predicted octanol–water partition coefficient (Wildman–Crippen LogP) is 5.80. The highest BCUT2D eigenvalue weighted by Gasteiger charge is 2.48. The average molecular weight is 504 g/mol. The van der Waals surface area contributed by atoms with Crippen molar-refractivity contribution in [3.63, 3.8) is 0 Å². The summed E-state index contributed by atoms with van der Waals surface area (Å²) >= 11 is 0. The van der Waals surface area contributed by atoms with Crippen LogP contribution in [-0.4, -0.2) is 41.4 Å². The molecule has 2 aliphatic carbocycles. The van der Waals surface area contributed by atoms with Gasteiger partial charge in [-0.25, -0.2) is 9.79 Å². The molecule has 2 aromatic rings. The van der Waals surface area contributed by atoms with Gasteiger partial charge in [-0.2, -0.15) is 0 Å². The number of carbonyl (C=O) groups is 2. The monoisotopic (exact) mass is 503 g/mol. The van der Waals surface area contributed by atoms with E-state index in [0.29, 0.717) is 24.2 Å². The molecule has 198 valence electrons. The van der Waals surface area contributed by atoms with Crippen LogP contribution in [0.5, 0.6) is 0 Å². The first-order valence-electron chi connectivity index (χ1n) is 14.1. The van der Waals surface area contributed by atoms with Gasteiger partial charge in [-0.3, -0.25) is 9.69 Å². The number of amides is 3. The Bertz CT molecular complexity index is 1150. The van der Waals surface area contributed by atoms with Crippen LogP contribution in [0.15, 0.2) is 47.5 Å². The molecule has 3 amide bonds. The minimum absolute atomic E-state index is 0.0459. The minimum atomic E-state index is -0.742. The van der Waals surface area contributed by atoms with E-state index in [-0.39, 0.29) is 18.0 Å². The number of nitrogens with two attached hydrogens (primary N) is 1.